The van der Waals surface area contributed by atoms with E-state index < -0.39 is 0 Å². The van der Waals surface area contributed by atoms with Crippen LogP contribution >= 0.6 is 0 Å². The normalized spacial score (nSPS) is 25.5. The summed E-state index contributed by atoms with van der Waals surface area (Å²) < 4.78 is 18.2. The maximum absolute atomic E-state index is 9.66. The standard InChI is InChI=1S/C20H18O4/c1-10(2)17-8-14-16(23-17)6-5-12-15-9-22-18-7-11(21)3-4-13(18)20(15)24-19(12)14/h3-7,15,17,20-21H,1,8-9H2,2H3/t15-,17?,20-/m1/s1. The first-order valence-electron chi connectivity index (χ1n) is 8.22. The van der Waals surface area contributed by atoms with E-state index in [4.69, 9.17) is 14.2 Å². The van der Waals surface area contributed by atoms with Crippen molar-refractivity contribution < 1.29 is 19.3 Å². The average molecular weight is 322 g/mol. The van der Waals surface area contributed by atoms with Crippen LogP contribution in [0.15, 0.2) is 42.5 Å². The lowest BCUT2D eigenvalue weighted by molar-refractivity contribution is 0.138. The van der Waals surface area contributed by atoms with Gasteiger partial charge in [0.2, 0.25) is 0 Å². The number of hydrogen-bond donors (Lipinski definition) is 1. The van der Waals surface area contributed by atoms with E-state index in [-0.39, 0.29) is 23.9 Å². The van der Waals surface area contributed by atoms with Crippen LogP contribution in [0.5, 0.6) is 23.0 Å². The molecule has 0 bridgehead atoms. The van der Waals surface area contributed by atoms with E-state index >= 15 is 0 Å². The molecular weight excluding hydrogens is 304 g/mol. The van der Waals surface area contributed by atoms with E-state index in [2.05, 4.69) is 12.6 Å². The minimum absolute atomic E-state index is 0.0261. The van der Waals surface area contributed by atoms with Crippen molar-refractivity contribution in [2.45, 2.75) is 31.5 Å². The second-order valence-corrected chi connectivity index (χ2v) is 6.80. The maximum Gasteiger partial charge on any atom is 0.138 e. The minimum atomic E-state index is -0.0697. The van der Waals surface area contributed by atoms with Gasteiger partial charge in [-0.1, -0.05) is 12.6 Å². The van der Waals surface area contributed by atoms with Crippen LogP contribution in [0, 0.1) is 0 Å². The summed E-state index contributed by atoms with van der Waals surface area (Å²) in [6.07, 6.45) is 0.759. The zero-order valence-corrected chi connectivity index (χ0v) is 13.4. The van der Waals surface area contributed by atoms with Gasteiger partial charge in [0.1, 0.15) is 35.2 Å². The number of ether oxygens (including phenoxy) is 3. The summed E-state index contributed by atoms with van der Waals surface area (Å²) in [5, 5.41) is 9.66. The van der Waals surface area contributed by atoms with Gasteiger partial charge in [-0.25, -0.2) is 0 Å². The Labute approximate surface area is 140 Å². The lowest BCUT2D eigenvalue weighted by Gasteiger charge is -2.27. The molecule has 3 aliphatic heterocycles. The Balaban J connectivity index is 1.57. The number of hydrogen-bond acceptors (Lipinski definition) is 4. The molecule has 122 valence electrons. The van der Waals surface area contributed by atoms with Crippen LogP contribution < -0.4 is 14.2 Å². The maximum atomic E-state index is 9.66. The SMILES string of the molecule is C=C(C)C1Cc2c(ccc3c2O[C@@H]2c4ccc(O)cc4OC[C@H]32)O1. The first-order valence-corrected chi connectivity index (χ1v) is 8.22. The Morgan fingerprint density at radius 3 is 2.79 bits per heavy atom. The van der Waals surface area contributed by atoms with Crippen molar-refractivity contribution in [1.29, 1.82) is 0 Å². The van der Waals surface area contributed by atoms with Crippen LogP contribution in [0.4, 0.5) is 0 Å². The Morgan fingerprint density at radius 2 is 1.96 bits per heavy atom. The topological polar surface area (TPSA) is 47.9 Å². The van der Waals surface area contributed by atoms with E-state index in [9.17, 15) is 5.11 Å². The van der Waals surface area contributed by atoms with Gasteiger partial charge in [0.25, 0.3) is 0 Å². The highest BCUT2D eigenvalue weighted by Gasteiger charge is 2.43. The third-order valence-electron chi connectivity index (χ3n) is 5.19. The van der Waals surface area contributed by atoms with E-state index in [0.29, 0.717) is 12.4 Å². The molecule has 3 aliphatic rings. The zero-order chi connectivity index (χ0) is 16.4. The summed E-state index contributed by atoms with van der Waals surface area (Å²) in [6.45, 7) is 6.56. The van der Waals surface area contributed by atoms with Crippen LogP contribution in [0.2, 0.25) is 0 Å². The van der Waals surface area contributed by atoms with Gasteiger partial charge in [0.05, 0.1) is 12.5 Å². The molecular formula is C20H18O4. The Bertz CT molecular complexity index is 870. The molecule has 0 saturated heterocycles. The molecule has 0 spiro atoms. The minimum Gasteiger partial charge on any atom is -0.508 e. The van der Waals surface area contributed by atoms with Crippen molar-refractivity contribution >= 4 is 0 Å². The monoisotopic (exact) mass is 322 g/mol. The van der Waals surface area contributed by atoms with Gasteiger partial charge in [-0.15, -0.1) is 0 Å². The molecule has 0 radical (unpaired) electrons. The van der Waals surface area contributed by atoms with Crippen LogP contribution in [0.1, 0.15) is 35.6 Å². The summed E-state index contributed by atoms with van der Waals surface area (Å²) in [6, 6.07) is 9.36. The number of phenolic OH excluding ortho intramolecular Hbond substituents is 1. The fourth-order valence-electron chi connectivity index (χ4n) is 3.91. The molecule has 5 rings (SSSR count). The first kappa shape index (κ1) is 13.8. The molecule has 2 aromatic carbocycles. The lowest BCUT2D eigenvalue weighted by atomic mass is 9.88. The molecule has 2 aromatic rings. The van der Waals surface area contributed by atoms with Crippen molar-refractivity contribution in [3.8, 4) is 23.0 Å². The van der Waals surface area contributed by atoms with Gasteiger partial charge in [-0.2, -0.15) is 0 Å². The predicted molar refractivity (Wildman–Crippen MR) is 89.1 cm³/mol. The third-order valence-corrected chi connectivity index (χ3v) is 5.19. The van der Waals surface area contributed by atoms with Crippen molar-refractivity contribution in [2.75, 3.05) is 6.61 Å². The van der Waals surface area contributed by atoms with Gasteiger partial charge in [-0.05, 0) is 30.7 Å². The van der Waals surface area contributed by atoms with E-state index in [1.165, 1.54) is 5.56 Å². The summed E-state index contributed by atoms with van der Waals surface area (Å²) in [4.78, 5) is 0. The van der Waals surface area contributed by atoms with Gasteiger partial charge < -0.3 is 19.3 Å². The molecule has 1 N–H and O–H groups in total. The van der Waals surface area contributed by atoms with Crippen LogP contribution in [0.3, 0.4) is 0 Å². The highest BCUT2D eigenvalue weighted by molar-refractivity contribution is 5.59. The highest BCUT2D eigenvalue weighted by atomic mass is 16.5. The number of benzene rings is 2. The third kappa shape index (κ3) is 1.80. The number of aromatic hydroxyl groups is 1. The fraction of sp³-hybridized carbons (Fsp3) is 0.300. The molecule has 0 fully saturated rings. The molecule has 0 amide bonds. The smallest absolute Gasteiger partial charge is 0.138 e. The van der Waals surface area contributed by atoms with Gasteiger partial charge in [0, 0.05) is 29.2 Å². The molecule has 24 heavy (non-hydrogen) atoms. The van der Waals surface area contributed by atoms with Crippen molar-refractivity contribution in [3.05, 3.63) is 59.2 Å². The molecule has 3 atom stereocenters. The summed E-state index contributed by atoms with van der Waals surface area (Å²) in [5.41, 5.74) is 4.34. The van der Waals surface area contributed by atoms with Gasteiger partial charge >= 0.3 is 0 Å². The predicted octanol–water partition coefficient (Wildman–Crippen LogP) is 3.88. The molecule has 4 nitrogen and oxygen atoms in total. The zero-order valence-electron chi connectivity index (χ0n) is 13.4. The van der Waals surface area contributed by atoms with Crippen LogP contribution in [0.25, 0.3) is 0 Å². The highest BCUT2D eigenvalue weighted by Crippen LogP contribution is 2.55. The largest absolute Gasteiger partial charge is 0.508 e. The van der Waals surface area contributed by atoms with Crippen molar-refractivity contribution in [3.63, 3.8) is 0 Å². The molecule has 3 heterocycles. The first-order chi connectivity index (χ1) is 11.6. The Kier molecular flexibility index (Phi) is 2.70. The second kappa shape index (κ2) is 4.69. The number of rotatable bonds is 1. The quantitative estimate of drug-likeness (QED) is 0.810. The molecule has 1 unspecified atom stereocenters. The van der Waals surface area contributed by atoms with Crippen LogP contribution in [-0.2, 0) is 6.42 Å². The number of phenols is 1. The fourth-order valence-corrected chi connectivity index (χ4v) is 3.91. The van der Waals surface area contributed by atoms with E-state index in [1.807, 2.05) is 19.1 Å². The summed E-state index contributed by atoms with van der Waals surface area (Å²) >= 11 is 0. The lowest BCUT2D eigenvalue weighted by Crippen LogP contribution is -2.23. The molecule has 0 aromatic heterocycles. The van der Waals surface area contributed by atoms with E-state index in [0.717, 1.165) is 34.6 Å². The molecule has 4 heteroatoms. The Hall–Kier alpha value is -2.62. The second-order valence-electron chi connectivity index (χ2n) is 6.80. The summed E-state index contributed by atoms with van der Waals surface area (Å²) in [5.74, 6) is 2.92. The van der Waals surface area contributed by atoms with Crippen molar-refractivity contribution in [2.24, 2.45) is 0 Å². The summed E-state index contributed by atoms with van der Waals surface area (Å²) in [7, 11) is 0. The average Bonchev–Trinajstić information content (AvgIpc) is 3.15. The molecule has 0 saturated carbocycles. The van der Waals surface area contributed by atoms with Crippen LogP contribution in [-0.4, -0.2) is 17.8 Å². The Morgan fingerprint density at radius 1 is 1.12 bits per heavy atom. The van der Waals surface area contributed by atoms with Gasteiger partial charge in [-0.3, -0.25) is 0 Å². The number of fused-ring (bicyclic) bond motifs is 7. The molecule has 0 aliphatic carbocycles. The van der Waals surface area contributed by atoms with E-state index in [1.54, 1.807) is 12.1 Å². The van der Waals surface area contributed by atoms with Gasteiger partial charge in [0.15, 0.2) is 0 Å². The van der Waals surface area contributed by atoms with Crippen molar-refractivity contribution in [1.82, 2.24) is 0 Å².